The van der Waals surface area contributed by atoms with E-state index in [0.717, 1.165) is 12.8 Å². The fourth-order valence-electron chi connectivity index (χ4n) is 3.34. The number of nitrogens with one attached hydrogen (secondary N) is 1. The average molecular weight is 426 g/mol. The summed E-state index contributed by atoms with van der Waals surface area (Å²) >= 11 is 0. The van der Waals surface area contributed by atoms with Gasteiger partial charge in [0.05, 0.1) is 12.4 Å². The molecule has 1 aromatic carbocycles. The van der Waals surface area contributed by atoms with Gasteiger partial charge in [-0.3, -0.25) is 9.52 Å². The molecule has 1 atom stereocenters. The largest absolute Gasteiger partial charge is 0.449 e. The molecule has 0 bridgehead atoms. The van der Waals surface area contributed by atoms with Crippen LogP contribution in [-0.4, -0.2) is 68.3 Å². The van der Waals surface area contributed by atoms with Gasteiger partial charge in [0, 0.05) is 38.4 Å². The maximum Gasteiger partial charge on any atom is 0.409 e. The Bertz CT molecular complexity index is 843. The Hall–Kier alpha value is -2.29. The molecule has 8 nitrogen and oxygen atoms in total. The van der Waals surface area contributed by atoms with Gasteiger partial charge in [-0.05, 0) is 56.4 Å². The van der Waals surface area contributed by atoms with Crippen molar-refractivity contribution in [2.45, 2.75) is 39.2 Å². The van der Waals surface area contributed by atoms with E-state index in [4.69, 9.17) is 4.74 Å². The second kappa shape index (κ2) is 9.02. The van der Waals surface area contributed by atoms with Crippen molar-refractivity contribution < 1.29 is 24.2 Å². The normalized spacial score (nSPS) is 19.7. The Morgan fingerprint density at radius 1 is 1.21 bits per heavy atom. The lowest BCUT2D eigenvalue weighted by Crippen LogP contribution is -2.55. The van der Waals surface area contributed by atoms with E-state index < -0.39 is 10.0 Å². The van der Waals surface area contributed by atoms with Gasteiger partial charge < -0.3 is 14.5 Å². The van der Waals surface area contributed by atoms with Crippen molar-refractivity contribution in [2.24, 2.45) is 5.92 Å². The number of sulfonamides is 1. The lowest BCUT2D eigenvalue weighted by molar-refractivity contribution is 0.0404. The van der Waals surface area contributed by atoms with Crippen LogP contribution in [0.4, 0.5) is 10.5 Å². The van der Waals surface area contributed by atoms with Gasteiger partial charge in [-0.25, -0.2) is 13.2 Å². The van der Waals surface area contributed by atoms with Crippen LogP contribution in [0.3, 0.4) is 0 Å². The van der Waals surface area contributed by atoms with Crippen LogP contribution in [0.5, 0.6) is 0 Å². The molecule has 9 heteroatoms. The zero-order chi connectivity index (χ0) is 21.0. The first-order chi connectivity index (χ1) is 13.8. The number of hydrogen-bond donors (Lipinski definition) is 1. The molecule has 2 amide bonds. The molecule has 0 radical (unpaired) electrons. The van der Waals surface area contributed by atoms with Gasteiger partial charge in [-0.1, -0.05) is 6.92 Å². The fourth-order valence-corrected chi connectivity index (χ4v) is 4.47. The molecule has 1 aliphatic carbocycles. The number of rotatable bonds is 7. The molecule has 2 fully saturated rings. The summed E-state index contributed by atoms with van der Waals surface area (Å²) in [5, 5.41) is 0. The molecular formula is C20H31N3O5S. The van der Waals surface area contributed by atoms with E-state index >= 15 is 0 Å². The van der Waals surface area contributed by atoms with Gasteiger partial charge in [0.25, 0.3) is 5.91 Å². The topological polar surface area (TPSA) is 96.0 Å². The fraction of sp³-hybridized carbons (Fsp3) is 0.600. The minimum absolute atomic E-state index is 0. The number of ether oxygens (including phenoxy) is 1. The molecule has 3 rings (SSSR count). The number of carbonyl (C=O) groups excluding carboxylic acids is 2. The average Bonchev–Trinajstić information content (AvgIpc) is 3.50. The van der Waals surface area contributed by atoms with Gasteiger partial charge in [0.2, 0.25) is 10.0 Å². The number of carbonyl (C=O) groups is 2. The van der Waals surface area contributed by atoms with Crippen LogP contribution in [0.15, 0.2) is 24.3 Å². The summed E-state index contributed by atoms with van der Waals surface area (Å²) < 4.78 is 31.5. The minimum Gasteiger partial charge on any atom is -0.449 e. The maximum atomic E-state index is 12.9. The van der Waals surface area contributed by atoms with Crippen LogP contribution < -0.4 is 4.72 Å². The third-order valence-corrected chi connectivity index (χ3v) is 6.66. The first kappa shape index (κ1) is 21.4. The highest BCUT2D eigenvalue weighted by molar-refractivity contribution is 7.92. The van der Waals surface area contributed by atoms with Gasteiger partial charge in [0.15, 0.2) is 0 Å². The Morgan fingerprint density at radius 3 is 2.48 bits per heavy atom. The summed E-state index contributed by atoms with van der Waals surface area (Å²) in [6, 6.07) is 6.30. The quantitative estimate of drug-likeness (QED) is 0.725. The van der Waals surface area contributed by atoms with Crippen LogP contribution in [-0.2, 0) is 14.8 Å². The molecule has 1 aromatic rings. The van der Waals surface area contributed by atoms with Crippen molar-refractivity contribution in [3.05, 3.63) is 29.8 Å². The number of nitrogens with zero attached hydrogens (tertiary/aromatic N) is 2. The lowest BCUT2D eigenvalue weighted by Gasteiger charge is -2.39. The molecule has 29 heavy (non-hydrogen) atoms. The van der Waals surface area contributed by atoms with Gasteiger partial charge in [-0.2, -0.15) is 0 Å². The molecule has 0 spiro atoms. The molecule has 1 saturated carbocycles. The van der Waals surface area contributed by atoms with Crippen molar-refractivity contribution in [3.63, 3.8) is 0 Å². The van der Waals surface area contributed by atoms with Gasteiger partial charge in [0.1, 0.15) is 0 Å². The monoisotopic (exact) mass is 425 g/mol. The number of hydrogen-bond acceptors (Lipinski definition) is 5. The molecule has 1 saturated heterocycles. The Morgan fingerprint density at radius 2 is 1.90 bits per heavy atom. The summed E-state index contributed by atoms with van der Waals surface area (Å²) in [5.74, 6) is 0.443. The number of anilines is 1. The van der Waals surface area contributed by atoms with Crippen molar-refractivity contribution in [3.8, 4) is 0 Å². The Kier molecular flexibility index (Phi) is 6.66. The lowest BCUT2D eigenvalue weighted by atomic mass is 10.1. The van der Waals surface area contributed by atoms with Crippen LogP contribution in [0.1, 0.15) is 44.9 Å². The highest BCUT2D eigenvalue weighted by atomic mass is 32.2. The number of piperazine rings is 1. The highest BCUT2D eigenvalue weighted by Gasteiger charge is 2.32. The summed E-state index contributed by atoms with van der Waals surface area (Å²) in [6.07, 6.45) is 2.49. The molecule has 1 aliphatic heterocycles. The van der Waals surface area contributed by atoms with Crippen LogP contribution in [0, 0.1) is 5.92 Å². The van der Waals surface area contributed by atoms with E-state index in [1.54, 1.807) is 41.0 Å². The van der Waals surface area contributed by atoms with Crippen LogP contribution >= 0.6 is 0 Å². The maximum absolute atomic E-state index is 12.9. The standard InChI is InChI=1S/C20H29N3O5S.H2/c1-3-12-29(26,27)21-18-8-6-17(7-9-18)19(24)23-11-10-22(13-15(23)2)20(25)28-14-16-4-5-16;/h6-9,15-16,21H,3-5,10-14H2,1-2H3;1H/t15-;/m0./s1. The van der Waals surface area contributed by atoms with Gasteiger partial charge in [-0.15, -0.1) is 0 Å². The Labute approximate surface area is 173 Å². The molecule has 1 N–H and O–H groups in total. The molecule has 162 valence electrons. The highest BCUT2D eigenvalue weighted by Crippen LogP contribution is 2.29. The van der Waals surface area contributed by atoms with E-state index in [1.807, 2.05) is 6.92 Å². The third kappa shape index (κ3) is 5.85. The summed E-state index contributed by atoms with van der Waals surface area (Å²) in [5.41, 5.74) is 0.923. The van der Waals surface area contributed by atoms with E-state index in [0.29, 0.717) is 49.8 Å². The minimum atomic E-state index is -3.36. The Balaban J connectivity index is 0.00000320. The second-order valence-corrected chi connectivity index (χ2v) is 9.65. The number of benzene rings is 1. The van der Waals surface area contributed by atoms with Crippen molar-refractivity contribution in [1.82, 2.24) is 9.80 Å². The zero-order valence-corrected chi connectivity index (χ0v) is 17.8. The van der Waals surface area contributed by atoms with E-state index in [2.05, 4.69) is 4.72 Å². The zero-order valence-electron chi connectivity index (χ0n) is 17.0. The van der Waals surface area contributed by atoms with Crippen molar-refractivity contribution in [2.75, 3.05) is 36.7 Å². The SMILES string of the molecule is CCCS(=O)(=O)Nc1ccc(C(=O)N2CCN(C(=O)OCC3CC3)C[C@@H]2C)cc1.[HH]. The second-order valence-electron chi connectivity index (χ2n) is 7.81. The number of amides is 2. The van der Waals surface area contributed by atoms with Crippen molar-refractivity contribution >= 4 is 27.7 Å². The molecule has 2 aliphatic rings. The van der Waals surface area contributed by atoms with Crippen molar-refractivity contribution in [1.29, 1.82) is 0 Å². The first-order valence-electron chi connectivity index (χ1n) is 10.1. The summed E-state index contributed by atoms with van der Waals surface area (Å²) in [4.78, 5) is 28.4. The van der Waals surface area contributed by atoms with E-state index in [-0.39, 0.29) is 25.2 Å². The molecule has 0 unspecified atom stereocenters. The van der Waals surface area contributed by atoms with E-state index in [1.165, 1.54) is 0 Å². The van der Waals surface area contributed by atoms with Crippen LogP contribution in [0.25, 0.3) is 0 Å². The first-order valence-corrected chi connectivity index (χ1v) is 11.8. The molecule has 1 heterocycles. The summed E-state index contributed by atoms with van der Waals surface area (Å²) in [6.45, 7) is 5.50. The predicted molar refractivity (Wildman–Crippen MR) is 112 cm³/mol. The molecule has 0 aromatic heterocycles. The van der Waals surface area contributed by atoms with Gasteiger partial charge >= 0.3 is 6.09 Å². The summed E-state index contributed by atoms with van der Waals surface area (Å²) in [7, 11) is -3.36. The smallest absolute Gasteiger partial charge is 0.409 e. The van der Waals surface area contributed by atoms with E-state index in [9.17, 15) is 18.0 Å². The predicted octanol–water partition coefficient (Wildman–Crippen LogP) is 2.78. The molecular weight excluding hydrogens is 394 g/mol. The third-order valence-electron chi connectivity index (χ3n) is 5.16. The van der Waals surface area contributed by atoms with Crippen LogP contribution in [0.2, 0.25) is 0 Å².